The molecule has 2 unspecified atom stereocenters. The third kappa shape index (κ3) is 3.97. The number of hydrogen-bond donors (Lipinski definition) is 1. The maximum absolute atomic E-state index is 11.7. The van der Waals surface area contributed by atoms with E-state index in [1.165, 1.54) is 4.90 Å². The van der Waals surface area contributed by atoms with Crippen molar-refractivity contribution in [3.8, 4) is 11.5 Å². The van der Waals surface area contributed by atoms with Crippen LogP contribution in [0.2, 0.25) is 0 Å². The summed E-state index contributed by atoms with van der Waals surface area (Å²) in [5.74, 6) is 0.786. The van der Waals surface area contributed by atoms with Gasteiger partial charge in [-0.15, -0.1) is 0 Å². The number of nitrogens with zero attached hydrogens (tertiary/aromatic N) is 1. The quantitative estimate of drug-likeness (QED) is 0.812. The van der Waals surface area contributed by atoms with Crippen molar-refractivity contribution in [3.63, 3.8) is 0 Å². The zero-order valence-corrected chi connectivity index (χ0v) is 15.7. The maximum atomic E-state index is 11.7. The molecule has 0 spiro atoms. The lowest BCUT2D eigenvalue weighted by molar-refractivity contribution is -0.268. The molecule has 2 aliphatic rings. The molecule has 1 saturated heterocycles. The van der Waals surface area contributed by atoms with Crippen molar-refractivity contribution in [1.82, 2.24) is 4.90 Å². The Morgan fingerprint density at radius 3 is 2.76 bits per heavy atom. The molecule has 0 aliphatic carbocycles. The number of carbonyl (C=O) groups is 2. The second-order valence-corrected chi connectivity index (χ2v) is 7.09. The summed E-state index contributed by atoms with van der Waals surface area (Å²) in [6.07, 6.45) is -1.06. The number of piperidine rings is 1. The molecule has 2 heterocycles. The normalized spacial score (nSPS) is 20.5. The monoisotopic (exact) mass is 397 g/mol. The van der Waals surface area contributed by atoms with Gasteiger partial charge in [0.15, 0.2) is 11.5 Å². The van der Waals surface area contributed by atoms with Crippen molar-refractivity contribution in [3.05, 3.63) is 59.2 Å². The predicted octanol–water partition coefficient (Wildman–Crippen LogP) is 1.23. The van der Waals surface area contributed by atoms with Gasteiger partial charge >= 0.3 is 0 Å². The van der Waals surface area contributed by atoms with Gasteiger partial charge in [0.25, 0.3) is 0 Å². The van der Waals surface area contributed by atoms with Crippen LogP contribution >= 0.6 is 0 Å². The van der Waals surface area contributed by atoms with Gasteiger partial charge in [-0.05, 0) is 35.7 Å². The van der Waals surface area contributed by atoms with Crippen LogP contribution in [0.3, 0.4) is 0 Å². The number of likely N-dealkylation sites (tertiary alicyclic amines) is 1. The van der Waals surface area contributed by atoms with Crippen LogP contribution < -0.4 is 20.3 Å². The fraction of sp³-hybridized carbons (Fsp3) is 0.333. The molecule has 4 rings (SSSR count). The molecule has 0 saturated carbocycles. The van der Waals surface area contributed by atoms with Crippen LogP contribution in [0.25, 0.3) is 0 Å². The van der Waals surface area contributed by atoms with Gasteiger partial charge in [0.2, 0.25) is 12.7 Å². The second kappa shape index (κ2) is 8.00. The van der Waals surface area contributed by atoms with Crippen molar-refractivity contribution in [2.45, 2.75) is 25.0 Å². The van der Waals surface area contributed by atoms with Crippen LogP contribution in [0.1, 0.15) is 33.8 Å². The summed E-state index contributed by atoms with van der Waals surface area (Å²) in [6.45, 7) is 0.872. The molecule has 0 radical (unpaired) electrons. The number of hydrogen-bond acceptors (Lipinski definition) is 6. The van der Waals surface area contributed by atoms with Crippen molar-refractivity contribution >= 4 is 12.0 Å². The molecule has 1 fully saturated rings. The van der Waals surface area contributed by atoms with Crippen molar-refractivity contribution in [1.29, 1.82) is 0 Å². The molecule has 2 aromatic carbocycles. The number of fused-ring (bicyclic) bond motifs is 1. The average molecular weight is 397 g/mol. The molecule has 2 aliphatic heterocycles. The number of rotatable bonds is 5. The highest BCUT2D eigenvalue weighted by Gasteiger charge is 2.32. The summed E-state index contributed by atoms with van der Waals surface area (Å²) < 4.78 is 16.9. The first kappa shape index (κ1) is 19.1. The minimum atomic E-state index is -1.22. The Bertz CT molecular complexity index is 931. The van der Waals surface area contributed by atoms with E-state index in [2.05, 4.69) is 0 Å². The second-order valence-electron chi connectivity index (χ2n) is 7.09. The first-order chi connectivity index (χ1) is 14.0. The maximum Gasteiger partial charge on any atom is 0.249 e. The van der Waals surface area contributed by atoms with Gasteiger partial charge in [-0.25, -0.2) is 0 Å². The average Bonchev–Trinajstić information content (AvgIpc) is 3.20. The fourth-order valence-corrected chi connectivity index (χ4v) is 3.86. The summed E-state index contributed by atoms with van der Waals surface area (Å²) in [5.41, 5.74) is 7.48. The molecule has 152 valence electrons. The van der Waals surface area contributed by atoms with E-state index in [1.807, 2.05) is 18.2 Å². The lowest BCUT2D eigenvalue weighted by Crippen LogP contribution is -2.51. The Balaban J connectivity index is 1.56. The Hall–Kier alpha value is -3.26. The van der Waals surface area contributed by atoms with Crippen LogP contribution in [-0.4, -0.2) is 42.9 Å². The third-order valence-corrected chi connectivity index (χ3v) is 5.38. The minimum Gasteiger partial charge on any atom is -0.530 e. The van der Waals surface area contributed by atoms with Crippen molar-refractivity contribution in [2.24, 2.45) is 5.73 Å². The molecule has 29 heavy (non-hydrogen) atoms. The Morgan fingerprint density at radius 2 is 1.97 bits per heavy atom. The van der Waals surface area contributed by atoms with E-state index in [1.54, 1.807) is 24.3 Å². The van der Waals surface area contributed by atoms with Crippen LogP contribution in [0.4, 0.5) is 4.79 Å². The number of primary amides is 1. The first-order valence-corrected chi connectivity index (χ1v) is 9.37. The van der Waals surface area contributed by atoms with Crippen LogP contribution in [0.15, 0.2) is 42.5 Å². The summed E-state index contributed by atoms with van der Waals surface area (Å²) in [6, 6.07) is 12.7. The zero-order valence-electron chi connectivity index (χ0n) is 15.7. The van der Waals surface area contributed by atoms with Gasteiger partial charge < -0.3 is 34.7 Å². The molecule has 2 amide bonds. The Labute approximate surface area is 167 Å². The highest BCUT2D eigenvalue weighted by Crippen LogP contribution is 2.38. The van der Waals surface area contributed by atoms with Gasteiger partial charge in [0.05, 0.1) is 12.7 Å². The summed E-state index contributed by atoms with van der Waals surface area (Å²) in [7, 11) is 0. The van der Waals surface area contributed by atoms with Gasteiger partial charge in [-0.3, -0.25) is 4.79 Å². The number of benzene rings is 2. The van der Waals surface area contributed by atoms with E-state index in [4.69, 9.17) is 19.9 Å². The highest BCUT2D eigenvalue weighted by atomic mass is 16.7. The summed E-state index contributed by atoms with van der Waals surface area (Å²) >= 11 is 0. The third-order valence-electron chi connectivity index (χ3n) is 5.38. The minimum absolute atomic E-state index is 0.0409. The van der Waals surface area contributed by atoms with E-state index in [0.717, 1.165) is 5.56 Å². The van der Waals surface area contributed by atoms with E-state index in [0.29, 0.717) is 35.6 Å². The molecule has 0 aromatic heterocycles. The number of nitrogens with two attached hydrogens (primary N) is 1. The number of carboxylic acid groups (broad SMARTS) is 1. The predicted molar refractivity (Wildman–Crippen MR) is 100 cm³/mol. The SMILES string of the molecule is NC(=O)c1ccccc1COC1CN(C(=O)[O-])CCC1c1ccc2c(c1)OCO2. The lowest BCUT2D eigenvalue weighted by Gasteiger charge is -2.40. The summed E-state index contributed by atoms with van der Waals surface area (Å²) in [5, 5.41) is 11.4. The number of amides is 2. The molecular formula is C21H21N2O6-. The number of ether oxygens (including phenoxy) is 3. The molecule has 8 nitrogen and oxygen atoms in total. The largest absolute Gasteiger partial charge is 0.530 e. The zero-order chi connectivity index (χ0) is 20.4. The van der Waals surface area contributed by atoms with Crippen molar-refractivity contribution < 1.29 is 28.9 Å². The Morgan fingerprint density at radius 1 is 1.17 bits per heavy atom. The van der Waals surface area contributed by atoms with Crippen molar-refractivity contribution in [2.75, 3.05) is 19.9 Å². The molecule has 2 aromatic rings. The van der Waals surface area contributed by atoms with Gasteiger partial charge in [0, 0.05) is 24.6 Å². The van der Waals surface area contributed by atoms with Crippen LogP contribution in [0.5, 0.6) is 11.5 Å². The van der Waals surface area contributed by atoms with E-state index in [9.17, 15) is 14.7 Å². The van der Waals surface area contributed by atoms with Crippen LogP contribution in [0, 0.1) is 0 Å². The molecule has 8 heteroatoms. The van der Waals surface area contributed by atoms with E-state index >= 15 is 0 Å². The summed E-state index contributed by atoms with van der Waals surface area (Å²) in [4.78, 5) is 24.3. The fourth-order valence-electron chi connectivity index (χ4n) is 3.86. The lowest BCUT2D eigenvalue weighted by atomic mass is 9.86. The molecule has 0 bridgehead atoms. The molecule has 2 N–H and O–H groups in total. The molecule has 2 atom stereocenters. The van der Waals surface area contributed by atoms with Gasteiger partial charge in [-0.2, -0.15) is 0 Å². The smallest absolute Gasteiger partial charge is 0.249 e. The van der Waals surface area contributed by atoms with E-state index in [-0.39, 0.29) is 25.9 Å². The molecular weight excluding hydrogens is 376 g/mol. The van der Waals surface area contributed by atoms with Gasteiger partial charge in [-0.1, -0.05) is 24.3 Å². The van der Waals surface area contributed by atoms with Crippen LogP contribution in [-0.2, 0) is 11.3 Å². The first-order valence-electron chi connectivity index (χ1n) is 9.37. The highest BCUT2D eigenvalue weighted by molar-refractivity contribution is 5.94. The topological polar surface area (TPSA) is 114 Å². The van der Waals surface area contributed by atoms with E-state index < -0.39 is 18.1 Å². The standard InChI is InChI=1S/C21H22N2O6/c22-20(24)16-4-2-1-3-14(16)11-27-19-10-23(21(25)26)8-7-15(19)13-5-6-17-18(9-13)29-12-28-17/h1-6,9,15,19H,7-8,10-12H2,(H2,22,24)(H,25,26)/p-1. The van der Waals surface area contributed by atoms with Gasteiger partial charge in [0.1, 0.15) is 6.09 Å². The Kier molecular flexibility index (Phi) is 5.26. The number of carbonyl (C=O) groups excluding carboxylic acids is 2.